The largest absolute Gasteiger partial charge is 0.389 e. The number of hydrogen-bond acceptors (Lipinski definition) is 3. The lowest BCUT2D eigenvalue weighted by Gasteiger charge is -2.27. The number of hydrogen-bond donors (Lipinski definition) is 2. The Bertz CT molecular complexity index is 421. The maximum absolute atomic E-state index is 13.1. The molecular weight excluding hydrogens is 239 g/mol. The standard InChI is InChI=1S/C12H17FN2OS/c1-12(2,7-16-3)15-10-5-4-8(13)6-9(10)11(14)17/h4-6,15H,7H2,1-3H3,(H2,14,17). The molecule has 94 valence electrons. The minimum atomic E-state index is -0.358. The van der Waals surface area contributed by atoms with E-state index in [1.807, 2.05) is 13.8 Å². The molecular formula is C12H17FN2OS. The number of benzene rings is 1. The molecule has 0 aromatic heterocycles. The molecule has 0 saturated carbocycles. The number of anilines is 1. The molecule has 1 rings (SSSR count). The quantitative estimate of drug-likeness (QED) is 0.794. The lowest BCUT2D eigenvalue weighted by molar-refractivity contribution is 0.158. The van der Waals surface area contributed by atoms with E-state index in [0.29, 0.717) is 17.9 Å². The van der Waals surface area contributed by atoms with Gasteiger partial charge in [0.2, 0.25) is 0 Å². The van der Waals surface area contributed by atoms with Crippen molar-refractivity contribution in [2.24, 2.45) is 5.73 Å². The molecule has 3 nitrogen and oxygen atoms in total. The fourth-order valence-electron chi connectivity index (χ4n) is 1.59. The normalized spacial score (nSPS) is 11.3. The summed E-state index contributed by atoms with van der Waals surface area (Å²) >= 11 is 4.90. The van der Waals surface area contributed by atoms with Gasteiger partial charge in [0, 0.05) is 18.4 Å². The smallest absolute Gasteiger partial charge is 0.124 e. The summed E-state index contributed by atoms with van der Waals surface area (Å²) in [5, 5.41) is 3.24. The Balaban J connectivity index is 3.02. The van der Waals surface area contributed by atoms with Crippen molar-refractivity contribution in [1.82, 2.24) is 0 Å². The van der Waals surface area contributed by atoms with Crippen molar-refractivity contribution < 1.29 is 9.13 Å². The van der Waals surface area contributed by atoms with Gasteiger partial charge in [-0.1, -0.05) is 12.2 Å². The molecule has 0 fully saturated rings. The number of nitrogens with one attached hydrogen (secondary N) is 1. The Kier molecular flexibility index (Phi) is 4.42. The maximum atomic E-state index is 13.1. The van der Waals surface area contributed by atoms with Crippen LogP contribution in [0.1, 0.15) is 19.4 Å². The van der Waals surface area contributed by atoms with E-state index in [2.05, 4.69) is 5.32 Å². The van der Waals surface area contributed by atoms with Crippen LogP contribution < -0.4 is 11.1 Å². The van der Waals surface area contributed by atoms with E-state index in [9.17, 15) is 4.39 Å². The molecule has 0 radical (unpaired) electrons. The van der Waals surface area contributed by atoms with Crippen LogP contribution in [0.2, 0.25) is 0 Å². The predicted octanol–water partition coefficient (Wildman–Crippen LogP) is 2.30. The molecule has 1 aromatic carbocycles. The number of nitrogens with two attached hydrogens (primary N) is 1. The van der Waals surface area contributed by atoms with Crippen molar-refractivity contribution in [2.45, 2.75) is 19.4 Å². The Hall–Kier alpha value is -1.20. The summed E-state index contributed by atoms with van der Waals surface area (Å²) in [6, 6.07) is 4.32. The highest BCUT2D eigenvalue weighted by molar-refractivity contribution is 7.80. The van der Waals surface area contributed by atoms with Gasteiger partial charge < -0.3 is 15.8 Å². The molecule has 3 N–H and O–H groups in total. The SMILES string of the molecule is COCC(C)(C)Nc1ccc(F)cc1C(N)=S. The summed E-state index contributed by atoms with van der Waals surface area (Å²) in [5.74, 6) is -0.358. The average molecular weight is 256 g/mol. The molecule has 0 aliphatic heterocycles. The van der Waals surface area contributed by atoms with Crippen LogP contribution >= 0.6 is 12.2 Å². The third kappa shape index (κ3) is 3.94. The van der Waals surface area contributed by atoms with Gasteiger partial charge in [0.15, 0.2) is 0 Å². The highest BCUT2D eigenvalue weighted by Crippen LogP contribution is 2.21. The minimum absolute atomic E-state index is 0.167. The van der Waals surface area contributed by atoms with Gasteiger partial charge in [0.05, 0.1) is 12.1 Å². The first-order valence-electron chi connectivity index (χ1n) is 5.22. The summed E-state index contributed by atoms with van der Waals surface area (Å²) in [4.78, 5) is 0.167. The lowest BCUT2D eigenvalue weighted by Crippen LogP contribution is -2.36. The van der Waals surface area contributed by atoms with Crippen LogP contribution in [0.15, 0.2) is 18.2 Å². The predicted molar refractivity (Wildman–Crippen MR) is 71.9 cm³/mol. The van der Waals surface area contributed by atoms with Gasteiger partial charge in [-0.3, -0.25) is 0 Å². The van der Waals surface area contributed by atoms with E-state index in [1.165, 1.54) is 12.1 Å². The summed E-state index contributed by atoms with van der Waals surface area (Å²) in [7, 11) is 1.63. The van der Waals surface area contributed by atoms with Crippen molar-refractivity contribution in [2.75, 3.05) is 19.0 Å². The van der Waals surface area contributed by atoms with Crippen molar-refractivity contribution in [1.29, 1.82) is 0 Å². The maximum Gasteiger partial charge on any atom is 0.124 e. The van der Waals surface area contributed by atoms with E-state index in [4.69, 9.17) is 22.7 Å². The molecule has 0 amide bonds. The molecule has 0 atom stereocenters. The second kappa shape index (κ2) is 5.42. The molecule has 0 saturated heterocycles. The molecule has 0 aliphatic carbocycles. The van der Waals surface area contributed by atoms with Crippen LogP contribution in [0.25, 0.3) is 0 Å². The fraction of sp³-hybridized carbons (Fsp3) is 0.417. The number of thiocarbonyl (C=S) groups is 1. The Morgan fingerprint density at radius 1 is 1.53 bits per heavy atom. The van der Waals surface area contributed by atoms with Crippen molar-refractivity contribution in [3.05, 3.63) is 29.6 Å². The van der Waals surface area contributed by atoms with Crippen LogP contribution in [0.5, 0.6) is 0 Å². The second-order valence-corrected chi connectivity index (χ2v) is 4.94. The first-order chi connectivity index (χ1) is 7.85. The van der Waals surface area contributed by atoms with E-state index < -0.39 is 0 Å². The van der Waals surface area contributed by atoms with Crippen molar-refractivity contribution in [3.63, 3.8) is 0 Å². The topological polar surface area (TPSA) is 47.3 Å². The Morgan fingerprint density at radius 3 is 2.71 bits per heavy atom. The average Bonchev–Trinajstić information content (AvgIpc) is 2.20. The van der Waals surface area contributed by atoms with Crippen LogP contribution in [0, 0.1) is 5.82 Å². The molecule has 17 heavy (non-hydrogen) atoms. The molecule has 0 aliphatic rings. The van der Waals surface area contributed by atoms with Gasteiger partial charge in [-0.15, -0.1) is 0 Å². The molecule has 0 bridgehead atoms. The number of halogens is 1. The molecule has 1 aromatic rings. The zero-order valence-electron chi connectivity index (χ0n) is 10.2. The molecule has 5 heteroatoms. The monoisotopic (exact) mass is 256 g/mol. The zero-order chi connectivity index (χ0) is 13.1. The minimum Gasteiger partial charge on any atom is -0.389 e. The van der Waals surface area contributed by atoms with E-state index in [1.54, 1.807) is 13.2 Å². The summed E-state index contributed by atoms with van der Waals surface area (Å²) in [5.41, 5.74) is 6.50. The van der Waals surface area contributed by atoms with Crippen LogP contribution in [0.4, 0.5) is 10.1 Å². The second-order valence-electron chi connectivity index (χ2n) is 4.50. The molecule has 0 spiro atoms. The van der Waals surface area contributed by atoms with Crippen molar-refractivity contribution >= 4 is 22.9 Å². The van der Waals surface area contributed by atoms with Gasteiger partial charge in [-0.05, 0) is 32.0 Å². The number of ether oxygens (including phenoxy) is 1. The van der Waals surface area contributed by atoms with E-state index in [-0.39, 0.29) is 16.3 Å². The zero-order valence-corrected chi connectivity index (χ0v) is 11.0. The summed E-state index contributed by atoms with van der Waals surface area (Å²) in [6.45, 7) is 4.47. The van der Waals surface area contributed by atoms with Crippen molar-refractivity contribution in [3.8, 4) is 0 Å². The molecule has 0 heterocycles. The van der Waals surface area contributed by atoms with Gasteiger partial charge >= 0.3 is 0 Å². The highest BCUT2D eigenvalue weighted by atomic mass is 32.1. The van der Waals surface area contributed by atoms with Crippen LogP contribution in [-0.4, -0.2) is 24.2 Å². The first kappa shape index (κ1) is 13.9. The van der Waals surface area contributed by atoms with Gasteiger partial charge in [-0.2, -0.15) is 0 Å². The van der Waals surface area contributed by atoms with Crippen LogP contribution in [-0.2, 0) is 4.74 Å². The summed E-state index contributed by atoms with van der Waals surface area (Å²) in [6.07, 6.45) is 0. The number of rotatable bonds is 5. The van der Waals surface area contributed by atoms with Gasteiger partial charge in [-0.25, -0.2) is 4.39 Å². The third-order valence-electron chi connectivity index (χ3n) is 2.23. The Morgan fingerprint density at radius 2 is 2.18 bits per heavy atom. The van der Waals surface area contributed by atoms with Gasteiger partial charge in [0.1, 0.15) is 10.8 Å². The van der Waals surface area contributed by atoms with E-state index in [0.717, 1.165) is 0 Å². The fourth-order valence-corrected chi connectivity index (χ4v) is 1.76. The summed E-state index contributed by atoms with van der Waals surface area (Å²) < 4.78 is 18.2. The van der Waals surface area contributed by atoms with Crippen LogP contribution in [0.3, 0.4) is 0 Å². The first-order valence-corrected chi connectivity index (χ1v) is 5.63. The van der Waals surface area contributed by atoms with E-state index >= 15 is 0 Å². The third-order valence-corrected chi connectivity index (χ3v) is 2.45. The highest BCUT2D eigenvalue weighted by Gasteiger charge is 2.19. The number of methoxy groups -OCH3 is 1. The Labute approximate surface area is 106 Å². The molecule has 0 unspecified atom stereocenters. The van der Waals surface area contributed by atoms with Gasteiger partial charge in [0.25, 0.3) is 0 Å². The lowest BCUT2D eigenvalue weighted by atomic mass is 10.0.